The van der Waals surface area contributed by atoms with E-state index >= 15 is 0 Å². The second-order valence-corrected chi connectivity index (χ2v) is 3.90. The van der Waals surface area contributed by atoms with Crippen LogP contribution < -0.4 is 9.30 Å². The standard InChI is InChI=1S/C13H11N2O4/c1-14-8-2-3-10(9-14)13(16)19-12-6-4-11(5-7-12)15(17)18/h2-9H,1H3/q+1. The molecule has 0 radical (unpaired) electrons. The van der Waals surface area contributed by atoms with Gasteiger partial charge < -0.3 is 4.74 Å². The van der Waals surface area contributed by atoms with Crippen LogP contribution in [0.3, 0.4) is 0 Å². The normalized spacial score (nSPS) is 9.95. The van der Waals surface area contributed by atoms with Gasteiger partial charge in [0.05, 0.1) is 4.92 Å². The van der Waals surface area contributed by atoms with E-state index < -0.39 is 10.9 Å². The van der Waals surface area contributed by atoms with E-state index in [1.165, 1.54) is 24.3 Å². The van der Waals surface area contributed by atoms with Crippen LogP contribution in [-0.4, -0.2) is 10.9 Å². The molecule has 0 amide bonds. The first kappa shape index (κ1) is 12.7. The Bertz CT molecular complexity index is 623. The smallest absolute Gasteiger partial charge is 0.349 e. The fourth-order valence-electron chi connectivity index (χ4n) is 1.51. The lowest BCUT2D eigenvalue weighted by Crippen LogP contribution is -2.28. The Labute approximate surface area is 109 Å². The Morgan fingerprint density at radius 2 is 1.95 bits per heavy atom. The maximum Gasteiger partial charge on any atom is 0.349 e. The van der Waals surface area contributed by atoms with Crippen LogP contribution in [-0.2, 0) is 7.05 Å². The molecule has 0 unspecified atom stereocenters. The number of hydrogen-bond acceptors (Lipinski definition) is 4. The summed E-state index contributed by atoms with van der Waals surface area (Å²) >= 11 is 0. The van der Waals surface area contributed by atoms with Crippen molar-refractivity contribution in [3.8, 4) is 5.75 Å². The fourth-order valence-corrected chi connectivity index (χ4v) is 1.51. The largest absolute Gasteiger partial charge is 0.423 e. The molecule has 96 valence electrons. The zero-order chi connectivity index (χ0) is 13.8. The molecular formula is C13H11N2O4+. The van der Waals surface area contributed by atoms with Gasteiger partial charge in [-0.15, -0.1) is 0 Å². The van der Waals surface area contributed by atoms with E-state index in [0.717, 1.165) is 0 Å². The van der Waals surface area contributed by atoms with Crippen molar-refractivity contribution in [1.82, 2.24) is 0 Å². The maximum atomic E-state index is 11.8. The predicted octanol–water partition coefficient (Wildman–Crippen LogP) is 1.64. The molecule has 19 heavy (non-hydrogen) atoms. The highest BCUT2D eigenvalue weighted by atomic mass is 16.6. The van der Waals surface area contributed by atoms with Crippen LogP contribution in [0.4, 0.5) is 5.69 Å². The molecule has 0 bridgehead atoms. The summed E-state index contributed by atoms with van der Waals surface area (Å²) in [5.41, 5.74) is 0.356. The van der Waals surface area contributed by atoms with E-state index in [4.69, 9.17) is 4.74 Å². The van der Waals surface area contributed by atoms with Gasteiger partial charge in [-0.3, -0.25) is 10.1 Å². The molecule has 2 rings (SSSR count). The number of nitrogens with zero attached hydrogens (tertiary/aromatic N) is 2. The van der Waals surface area contributed by atoms with Crippen LogP contribution in [0.2, 0.25) is 0 Å². The van der Waals surface area contributed by atoms with E-state index in [2.05, 4.69) is 0 Å². The molecule has 0 atom stereocenters. The number of carbonyl (C=O) groups is 1. The van der Waals surface area contributed by atoms with Crippen molar-refractivity contribution >= 4 is 11.7 Å². The Morgan fingerprint density at radius 1 is 1.26 bits per heavy atom. The van der Waals surface area contributed by atoms with Crippen LogP contribution in [0, 0.1) is 10.1 Å². The number of rotatable bonds is 3. The van der Waals surface area contributed by atoms with Crippen molar-refractivity contribution in [2.45, 2.75) is 0 Å². The van der Waals surface area contributed by atoms with Crippen LogP contribution >= 0.6 is 0 Å². The second kappa shape index (κ2) is 5.26. The quantitative estimate of drug-likeness (QED) is 0.276. The minimum absolute atomic E-state index is 0.0501. The topological polar surface area (TPSA) is 73.3 Å². The molecular weight excluding hydrogens is 248 g/mol. The number of non-ortho nitro benzene ring substituents is 1. The van der Waals surface area contributed by atoms with E-state index in [9.17, 15) is 14.9 Å². The fraction of sp³-hybridized carbons (Fsp3) is 0.0769. The van der Waals surface area contributed by atoms with Crippen LogP contribution in [0.25, 0.3) is 0 Å². The number of hydrogen-bond donors (Lipinski definition) is 0. The van der Waals surface area contributed by atoms with Gasteiger partial charge in [-0.2, -0.15) is 0 Å². The minimum Gasteiger partial charge on any atom is -0.423 e. The van der Waals surface area contributed by atoms with Crippen molar-refractivity contribution in [2.75, 3.05) is 0 Å². The van der Waals surface area contributed by atoms with E-state index in [-0.39, 0.29) is 11.4 Å². The number of carbonyl (C=O) groups excluding carboxylic acids is 1. The third-order valence-corrected chi connectivity index (χ3v) is 2.43. The molecule has 0 saturated carbocycles. The summed E-state index contributed by atoms with van der Waals surface area (Å²) in [6.07, 6.45) is 3.43. The molecule has 0 aliphatic heterocycles. The highest BCUT2D eigenvalue weighted by Gasteiger charge is 2.12. The van der Waals surface area contributed by atoms with Gasteiger partial charge in [-0.25, -0.2) is 9.36 Å². The average molecular weight is 259 g/mol. The summed E-state index contributed by atoms with van der Waals surface area (Å²) in [7, 11) is 1.79. The zero-order valence-electron chi connectivity index (χ0n) is 10.1. The van der Waals surface area contributed by atoms with Crippen molar-refractivity contribution < 1.29 is 19.0 Å². The van der Waals surface area contributed by atoms with Gasteiger partial charge in [0.2, 0.25) is 0 Å². The van der Waals surface area contributed by atoms with E-state index in [0.29, 0.717) is 5.56 Å². The van der Waals surface area contributed by atoms with Crippen molar-refractivity contribution in [2.24, 2.45) is 7.05 Å². The number of pyridine rings is 1. The lowest BCUT2D eigenvalue weighted by atomic mass is 10.3. The number of esters is 1. The summed E-state index contributed by atoms with van der Waals surface area (Å²) in [6, 6.07) is 8.71. The molecule has 1 aromatic carbocycles. The Balaban J connectivity index is 2.13. The highest BCUT2D eigenvalue weighted by molar-refractivity contribution is 5.90. The molecule has 6 nitrogen and oxygen atoms in total. The van der Waals surface area contributed by atoms with Gasteiger partial charge in [0.25, 0.3) is 5.69 Å². The van der Waals surface area contributed by atoms with Gasteiger partial charge in [0.1, 0.15) is 18.4 Å². The third-order valence-electron chi connectivity index (χ3n) is 2.43. The van der Waals surface area contributed by atoms with Crippen LogP contribution in [0.5, 0.6) is 5.75 Å². The summed E-state index contributed by atoms with van der Waals surface area (Å²) in [6.45, 7) is 0. The van der Waals surface area contributed by atoms with Gasteiger partial charge in [-0.1, -0.05) is 0 Å². The molecule has 0 aliphatic carbocycles. The number of benzene rings is 1. The average Bonchev–Trinajstić information content (AvgIpc) is 2.39. The Morgan fingerprint density at radius 3 is 2.53 bits per heavy atom. The summed E-state index contributed by atoms with van der Waals surface area (Å²) < 4.78 is 6.84. The maximum absolute atomic E-state index is 11.8. The summed E-state index contributed by atoms with van der Waals surface area (Å²) in [4.78, 5) is 21.8. The number of aryl methyl sites for hydroxylation is 1. The van der Waals surface area contributed by atoms with Crippen LogP contribution in [0.1, 0.15) is 10.4 Å². The molecule has 0 saturated heterocycles. The molecule has 0 fully saturated rings. The Hall–Kier alpha value is -2.76. The molecule has 6 heteroatoms. The number of nitro groups is 1. The SMILES string of the molecule is C[n+]1cccc(C(=O)Oc2ccc([N+](=O)[O-])cc2)c1. The zero-order valence-corrected chi connectivity index (χ0v) is 10.1. The highest BCUT2D eigenvalue weighted by Crippen LogP contribution is 2.18. The molecule has 2 aromatic rings. The van der Waals surface area contributed by atoms with Gasteiger partial charge in [0.15, 0.2) is 12.4 Å². The molecule has 0 spiro atoms. The molecule has 0 N–H and O–H groups in total. The third kappa shape index (κ3) is 3.12. The van der Waals surface area contributed by atoms with Gasteiger partial charge >= 0.3 is 5.97 Å². The van der Waals surface area contributed by atoms with Crippen molar-refractivity contribution in [3.63, 3.8) is 0 Å². The molecule has 1 aromatic heterocycles. The molecule has 1 heterocycles. The Kier molecular flexibility index (Phi) is 3.51. The lowest BCUT2D eigenvalue weighted by molar-refractivity contribution is -0.671. The summed E-state index contributed by atoms with van der Waals surface area (Å²) in [5.74, 6) is -0.243. The van der Waals surface area contributed by atoms with Gasteiger partial charge in [0, 0.05) is 18.2 Å². The number of nitro benzene ring substituents is 1. The molecule has 0 aliphatic rings. The van der Waals surface area contributed by atoms with Gasteiger partial charge in [-0.05, 0) is 18.2 Å². The number of aromatic nitrogens is 1. The van der Waals surface area contributed by atoms with E-state index in [1.807, 2.05) is 0 Å². The van der Waals surface area contributed by atoms with Crippen molar-refractivity contribution in [1.29, 1.82) is 0 Å². The first-order valence-corrected chi connectivity index (χ1v) is 5.48. The summed E-state index contributed by atoms with van der Waals surface area (Å²) in [5, 5.41) is 10.5. The first-order valence-electron chi connectivity index (χ1n) is 5.48. The number of ether oxygens (including phenoxy) is 1. The van der Waals surface area contributed by atoms with Crippen LogP contribution in [0.15, 0.2) is 48.8 Å². The first-order chi connectivity index (χ1) is 9.06. The second-order valence-electron chi connectivity index (χ2n) is 3.90. The monoisotopic (exact) mass is 259 g/mol. The lowest BCUT2D eigenvalue weighted by Gasteiger charge is -2.02. The van der Waals surface area contributed by atoms with E-state index in [1.54, 1.807) is 36.1 Å². The van der Waals surface area contributed by atoms with Crippen molar-refractivity contribution in [3.05, 3.63) is 64.5 Å². The minimum atomic E-state index is -0.511. The predicted molar refractivity (Wildman–Crippen MR) is 65.7 cm³/mol.